The molecule has 0 aromatic carbocycles. The number of epoxide rings is 1. The van der Waals surface area contributed by atoms with Crippen LogP contribution in [0.4, 0.5) is 0 Å². The third-order valence-electron chi connectivity index (χ3n) is 11.0. The molecule has 4 saturated carbocycles. The van der Waals surface area contributed by atoms with Crippen molar-refractivity contribution in [2.45, 2.75) is 110 Å². The molecule has 1 saturated heterocycles. The Morgan fingerprint density at radius 3 is 2.26 bits per heavy atom. The zero-order valence-corrected chi connectivity index (χ0v) is 18.6. The molecule has 10 atom stereocenters. The average molecular weight is 375 g/mol. The summed E-state index contributed by atoms with van der Waals surface area (Å²) in [5, 5.41) is 12.5. The number of ether oxygens (including phenoxy) is 1. The van der Waals surface area contributed by atoms with Crippen LogP contribution >= 0.6 is 0 Å². The highest BCUT2D eigenvalue weighted by molar-refractivity contribution is 5.31. The summed E-state index contributed by atoms with van der Waals surface area (Å²) in [6.07, 6.45) is 9.96. The van der Waals surface area contributed by atoms with Gasteiger partial charge in [0.2, 0.25) is 0 Å². The summed E-state index contributed by atoms with van der Waals surface area (Å²) in [4.78, 5) is 0. The minimum Gasteiger partial charge on any atom is -0.386 e. The molecule has 2 nitrogen and oxygen atoms in total. The van der Waals surface area contributed by atoms with Crippen LogP contribution in [0.5, 0.6) is 0 Å². The van der Waals surface area contributed by atoms with E-state index >= 15 is 0 Å². The second-order valence-electron chi connectivity index (χ2n) is 12.3. The maximum absolute atomic E-state index is 12.5. The van der Waals surface area contributed by atoms with Gasteiger partial charge in [0.1, 0.15) is 11.2 Å². The monoisotopic (exact) mass is 374 g/mol. The molecule has 0 bridgehead atoms. The molecule has 1 spiro atoms. The first kappa shape index (κ1) is 18.9. The van der Waals surface area contributed by atoms with E-state index in [-0.39, 0.29) is 11.2 Å². The van der Waals surface area contributed by atoms with Crippen molar-refractivity contribution < 1.29 is 9.84 Å². The van der Waals surface area contributed by atoms with Gasteiger partial charge in [-0.05, 0) is 105 Å². The maximum atomic E-state index is 12.5. The zero-order valence-electron chi connectivity index (χ0n) is 18.6. The smallest absolute Gasteiger partial charge is 0.124 e. The van der Waals surface area contributed by atoms with Gasteiger partial charge < -0.3 is 9.84 Å². The lowest BCUT2D eigenvalue weighted by molar-refractivity contribution is -0.168. The largest absolute Gasteiger partial charge is 0.386 e. The third kappa shape index (κ3) is 2.16. The third-order valence-corrected chi connectivity index (χ3v) is 11.0. The molecule has 0 unspecified atom stereocenters. The van der Waals surface area contributed by atoms with Gasteiger partial charge >= 0.3 is 0 Å². The highest BCUT2D eigenvalue weighted by Crippen LogP contribution is 2.74. The van der Waals surface area contributed by atoms with E-state index in [9.17, 15) is 5.11 Å². The van der Waals surface area contributed by atoms with E-state index < -0.39 is 5.60 Å². The zero-order chi connectivity index (χ0) is 19.4. The lowest BCUT2D eigenvalue weighted by atomic mass is 9.49. The van der Waals surface area contributed by atoms with Crippen LogP contribution in [0.15, 0.2) is 0 Å². The topological polar surface area (TPSA) is 32.8 Å². The van der Waals surface area contributed by atoms with Crippen LogP contribution < -0.4 is 0 Å². The highest BCUT2D eigenvalue weighted by Gasteiger charge is 2.82. The Morgan fingerprint density at radius 1 is 0.852 bits per heavy atom. The fraction of sp³-hybridized carbons (Fsp3) is 1.00. The normalized spacial score (nSPS) is 62.2. The quantitative estimate of drug-likeness (QED) is 0.587. The van der Waals surface area contributed by atoms with E-state index in [0.717, 1.165) is 24.2 Å². The standard InChI is InChI=1S/C25H42O2/c1-15(2)18-10-11-22(5)13-20-16(3)7-8-19-17(4)9-12-25(19)23(6,27-25)24(20,26)14-21(18)22/h15-21,26H,7-14H2,1-6H3/t16-,17+,18+,19-,20+,21-,22+,23+,24+,25-/m0/s1. The van der Waals surface area contributed by atoms with E-state index in [4.69, 9.17) is 4.74 Å². The second-order valence-corrected chi connectivity index (χ2v) is 12.3. The molecule has 0 aromatic rings. The van der Waals surface area contributed by atoms with Crippen LogP contribution in [0.2, 0.25) is 0 Å². The first-order valence-electron chi connectivity index (χ1n) is 12.0. The lowest BCUT2D eigenvalue weighted by Crippen LogP contribution is -2.62. The van der Waals surface area contributed by atoms with Gasteiger partial charge in [-0.25, -0.2) is 0 Å². The van der Waals surface area contributed by atoms with Gasteiger partial charge in [-0.1, -0.05) is 34.6 Å². The van der Waals surface area contributed by atoms with Gasteiger partial charge in [0.15, 0.2) is 0 Å². The predicted octanol–water partition coefficient (Wildman–Crippen LogP) is 5.82. The van der Waals surface area contributed by atoms with E-state index in [1.165, 1.54) is 44.9 Å². The van der Waals surface area contributed by atoms with Crippen LogP contribution in [0.3, 0.4) is 0 Å². The van der Waals surface area contributed by atoms with Gasteiger partial charge in [0.05, 0.1) is 5.60 Å². The Hall–Kier alpha value is -0.0800. The van der Waals surface area contributed by atoms with Crippen molar-refractivity contribution in [2.75, 3.05) is 0 Å². The van der Waals surface area contributed by atoms with Crippen molar-refractivity contribution in [2.24, 2.45) is 46.8 Å². The molecule has 2 heteroatoms. The summed E-state index contributed by atoms with van der Waals surface area (Å²) < 4.78 is 6.76. The molecular weight excluding hydrogens is 332 g/mol. The molecule has 5 fully saturated rings. The van der Waals surface area contributed by atoms with Gasteiger partial charge in [-0.3, -0.25) is 0 Å². The second kappa shape index (κ2) is 5.54. The van der Waals surface area contributed by atoms with Crippen molar-refractivity contribution in [1.29, 1.82) is 0 Å². The average Bonchev–Trinajstić information content (AvgIpc) is 2.89. The predicted molar refractivity (Wildman–Crippen MR) is 109 cm³/mol. The van der Waals surface area contributed by atoms with Crippen LogP contribution in [0.25, 0.3) is 0 Å². The van der Waals surface area contributed by atoms with Gasteiger partial charge in [-0.2, -0.15) is 0 Å². The Bertz CT molecular complexity index is 630. The molecule has 0 aromatic heterocycles. The molecule has 0 radical (unpaired) electrons. The Labute approximate surface area is 166 Å². The Kier molecular flexibility index (Phi) is 3.88. The van der Waals surface area contributed by atoms with Crippen molar-refractivity contribution in [3.8, 4) is 0 Å². The fourth-order valence-electron chi connectivity index (χ4n) is 9.19. The van der Waals surface area contributed by atoms with Gasteiger partial charge in [-0.15, -0.1) is 0 Å². The Morgan fingerprint density at radius 2 is 1.56 bits per heavy atom. The van der Waals surface area contributed by atoms with Crippen LogP contribution in [0.1, 0.15) is 92.9 Å². The molecule has 5 rings (SSSR count). The molecule has 5 aliphatic rings. The number of fused-ring (bicyclic) bond motifs is 3. The van der Waals surface area contributed by atoms with Crippen LogP contribution in [-0.2, 0) is 4.74 Å². The first-order chi connectivity index (χ1) is 12.6. The van der Waals surface area contributed by atoms with Crippen molar-refractivity contribution in [3.63, 3.8) is 0 Å². The van der Waals surface area contributed by atoms with E-state index in [0.29, 0.717) is 29.1 Å². The summed E-state index contributed by atoms with van der Waals surface area (Å²) in [5.41, 5.74) is -0.518. The molecular formula is C25H42O2. The molecule has 1 N–H and O–H groups in total. The summed E-state index contributed by atoms with van der Waals surface area (Å²) in [6.45, 7) is 14.5. The van der Waals surface area contributed by atoms with E-state index in [1.54, 1.807) is 0 Å². The van der Waals surface area contributed by atoms with Crippen LogP contribution in [-0.4, -0.2) is 21.9 Å². The summed E-state index contributed by atoms with van der Waals surface area (Å²) >= 11 is 0. The molecule has 1 aliphatic heterocycles. The fourth-order valence-corrected chi connectivity index (χ4v) is 9.19. The van der Waals surface area contributed by atoms with Crippen molar-refractivity contribution in [1.82, 2.24) is 0 Å². The first-order valence-corrected chi connectivity index (χ1v) is 12.0. The highest BCUT2D eigenvalue weighted by atomic mass is 16.6. The number of aliphatic hydroxyl groups is 1. The van der Waals surface area contributed by atoms with Crippen molar-refractivity contribution in [3.05, 3.63) is 0 Å². The summed E-state index contributed by atoms with van der Waals surface area (Å²) in [6, 6.07) is 0. The lowest BCUT2D eigenvalue weighted by Gasteiger charge is -2.56. The molecule has 27 heavy (non-hydrogen) atoms. The summed E-state index contributed by atoms with van der Waals surface area (Å²) in [7, 11) is 0. The molecule has 4 aliphatic carbocycles. The number of rotatable bonds is 1. The number of hydrogen-bond donors (Lipinski definition) is 1. The Balaban J connectivity index is 1.57. The van der Waals surface area contributed by atoms with Crippen LogP contribution in [0, 0.1) is 46.8 Å². The SMILES string of the molecule is CC(C)[C@H]1CC[C@]2(C)C[C@@H]3[C@@H](C)CC[C@H]4[C@H](C)CC[C@]45O[C@]5(C)[C@@]3(O)C[C@@H]12. The molecule has 0 amide bonds. The van der Waals surface area contributed by atoms with E-state index in [1.807, 2.05) is 0 Å². The van der Waals surface area contributed by atoms with E-state index in [2.05, 4.69) is 41.5 Å². The van der Waals surface area contributed by atoms with Gasteiger partial charge in [0, 0.05) is 0 Å². The van der Waals surface area contributed by atoms with Crippen molar-refractivity contribution >= 4 is 0 Å². The number of hydrogen-bond acceptors (Lipinski definition) is 2. The van der Waals surface area contributed by atoms with Gasteiger partial charge in [0.25, 0.3) is 0 Å². The molecule has 1 heterocycles. The molecule has 154 valence electrons. The maximum Gasteiger partial charge on any atom is 0.124 e. The summed E-state index contributed by atoms with van der Waals surface area (Å²) in [5.74, 6) is 4.60. The minimum absolute atomic E-state index is 0.0147. The minimum atomic E-state index is -0.628.